The Hall–Kier alpha value is -0.430. The molecule has 6 heteroatoms. The number of benzene rings is 1. The van der Waals surface area contributed by atoms with Crippen LogP contribution in [0.25, 0.3) is 0 Å². The summed E-state index contributed by atoms with van der Waals surface area (Å²) in [5.41, 5.74) is 1.25. The molecule has 1 aliphatic rings. The molecule has 1 heterocycles. The van der Waals surface area contributed by atoms with Crippen molar-refractivity contribution in [2.75, 3.05) is 0 Å². The molecular weight excluding hydrogens is 404 g/mol. The Morgan fingerprint density at radius 3 is 2.65 bits per heavy atom. The van der Waals surface area contributed by atoms with Crippen molar-refractivity contribution in [1.82, 2.24) is 10.3 Å². The van der Waals surface area contributed by atoms with Gasteiger partial charge in [0.25, 0.3) is 0 Å². The minimum absolute atomic E-state index is 0.495. The van der Waals surface area contributed by atoms with Crippen LogP contribution in [0.5, 0.6) is 5.75 Å². The van der Waals surface area contributed by atoms with Gasteiger partial charge in [0.15, 0.2) is 0 Å². The van der Waals surface area contributed by atoms with E-state index in [4.69, 9.17) is 4.74 Å². The molecule has 2 aromatic rings. The Morgan fingerprint density at radius 2 is 2.05 bits per heavy atom. The quantitative estimate of drug-likeness (QED) is 0.751. The summed E-state index contributed by atoms with van der Waals surface area (Å²) < 4.78 is 7.78. The first-order valence-corrected chi connectivity index (χ1v) is 8.91. The lowest BCUT2D eigenvalue weighted by molar-refractivity contribution is 0.301. The van der Waals surface area contributed by atoms with Gasteiger partial charge < -0.3 is 10.1 Å². The maximum absolute atomic E-state index is 5.84. The van der Waals surface area contributed by atoms with E-state index >= 15 is 0 Å². The van der Waals surface area contributed by atoms with Crippen LogP contribution in [-0.4, -0.2) is 11.0 Å². The highest BCUT2D eigenvalue weighted by atomic mass is 79.9. The van der Waals surface area contributed by atoms with E-state index in [0.29, 0.717) is 12.6 Å². The maximum Gasteiger partial charge on any atom is 0.148 e. The second-order valence-corrected chi connectivity index (χ2v) is 7.45. The highest BCUT2D eigenvalue weighted by Crippen LogP contribution is 2.35. The molecule has 0 aliphatic heterocycles. The maximum atomic E-state index is 5.84. The molecule has 0 unspecified atom stereocenters. The van der Waals surface area contributed by atoms with Crippen molar-refractivity contribution in [2.24, 2.45) is 0 Å². The van der Waals surface area contributed by atoms with Crippen LogP contribution in [0.3, 0.4) is 0 Å². The lowest BCUT2D eigenvalue weighted by Crippen LogP contribution is -2.15. The molecule has 106 valence electrons. The third-order valence-electron chi connectivity index (χ3n) is 3.05. The lowest BCUT2D eigenvalue weighted by atomic mass is 10.2. The van der Waals surface area contributed by atoms with E-state index in [1.165, 1.54) is 18.4 Å². The second kappa shape index (κ2) is 6.56. The summed E-state index contributed by atoms with van der Waals surface area (Å²) in [4.78, 5) is 4.22. The number of aromatic nitrogens is 1. The summed E-state index contributed by atoms with van der Waals surface area (Å²) in [6.45, 7) is 1.39. The molecule has 1 saturated carbocycles. The van der Waals surface area contributed by atoms with Gasteiger partial charge in [-0.3, -0.25) is 0 Å². The van der Waals surface area contributed by atoms with Crippen molar-refractivity contribution in [1.29, 1.82) is 0 Å². The summed E-state index contributed by atoms with van der Waals surface area (Å²) in [5.74, 6) is 0.829. The Labute approximate surface area is 139 Å². The molecule has 0 amide bonds. The lowest BCUT2D eigenvalue weighted by Gasteiger charge is -2.12. The fourth-order valence-corrected chi connectivity index (χ4v) is 3.90. The standard InChI is InChI=1S/C14H14Br2N2OS/c15-11-5-9(7-18-10-1-2-10)6-12(16)14(11)19-8-13-17-3-4-20-13/h3-6,10,18H,1-2,7-8H2. The highest BCUT2D eigenvalue weighted by Gasteiger charge is 2.20. The number of hydrogen-bond donors (Lipinski definition) is 1. The smallest absolute Gasteiger partial charge is 0.148 e. The molecule has 3 nitrogen and oxygen atoms in total. The summed E-state index contributed by atoms with van der Waals surface area (Å²) >= 11 is 8.77. The van der Waals surface area contributed by atoms with Crippen molar-refractivity contribution in [3.63, 3.8) is 0 Å². The summed E-state index contributed by atoms with van der Waals surface area (Å²) in [6, 6.07) is 4.93. The zero-order valence-corrected chi connectivity index (χ0v) is 14.7. The van der Waals surface area contributed by atoms with Crippen molar-refractivity contribution >= 4 is 43.2 Å². The van der Waals surface area contributed by atoms with Crippen LogP contribution < -0.4 is 10.1 Å². The van der Waals surface area contributed by atoms with Gasteiger partial charge in [-0.15, -0.1) is 11.3 Å². The largest absolute Gasteiger partial charge is 0.484 e. The first-order valence-electron chi connectivity index (χ1n) is 6.45. The zero-order chi connectivity index (χ0) is 13.9. The van der Waals surface area contributed by atoms with E-state index in [2.05, 4.69) is 54.3 Å². The van der Waals surface area contributed by atoms with Gasteiger partial charge in [0.1, 0.15) is 17.4 Å². The van der Waals surface area contributed by atoms with Crippen molar-refractivity contribution < 1.29 is 4.74 Å². The minimum Gasteiger partial charge on any atom is -0.484 e. The van der Waals surface area contributed by atoms with E-state index in [-0.39, 0.29) is 0 Å². The third kappa shape index (κ3) is 3.81. The van der Waals surface area contributed by atoms with Crippen molar-refractivity contribution in [2.45, 2.75) is 32.0 Å². The van der Waals surface area contributed by atoms with E-state index in [1.807, 2.05) is 5.38 Å². The average molecular weight is 418 g/mol. The molecule has 0 bridgehead atoms. The first kappa shape index (κ1) is 14.5. The zero-order valence-electron chi connectivity index (χ0n) is 10.7. The third-order valence-corrected chi connectivity index (χ3v) is 4.98. The molecule has 1 aromatic heterocycles. The van der Waals surface area contributed by atoms with Gasteiger partial charge in [0.05, 0.1) is 8.95 Å². The van der Waals surface area contributed by atoms with E-state index < -0.39 is 0 Å². The van der Waals surface area contributed by atoms with Crippen LogP contribution in [0.15, 0.2) is 32.7 Å². The summed E-state index contributed by atoms with van der Waals surface area (Å²) in [7, 11) is 0. The molecule has 3 rings (SSSR count). The predicted octanol–water partition coefficient (Wildman–Crippen LogP) is 4.50. The molecule has 0 spiro atoms. The molecule has 1 aliphatic carbocycles. The number of hydrogen-bond acceptors (Lipinski definition) is 4. The van der Waals surface area contributed by atoms with Gasteiger partial charge in [-0.2, -0.15) is 0 Å². The van der Waals surface area contributed by atoms with Gasteiger partial charge in [0, 0.05) is 24.2 Å². The number of thiazole rings is 1. The molecule has 1 N–H and O–H groups in total. The Kier molecular flexibility index (Phi) is 4.75. The molecule has 1 aromatic carbocycles. The van der Waals surface area contributed by atoms with E-state index in [0.717, 1.165) is 26.2 Å². The number of halogens is 2. The van der Waals surface area contributed by atoms with Crippen molar-refractivity contribution in [3.8, 4) is 5.75 Å². The molecule has 0 saturated heterocycles. The summed E-state index contributed by atoms with van der Waals surface area (Å²) in [6.07, 6.45) is 4.40. The van der Waals surface area contributed by atoms with E-state index in [9.17, 15) is 0 Å². The van der Waals surface area contributed by atoms with Crippen LogP contribution in [0.2, 0.25) is 0 Å². The molecule has 20 heavy (non-hydrogen) atoms. The predicted molar refractivity (Wildman–Crippen MR) is 88.1 cm³/mol. The van der Waals surface area contributed by atoms with Gasteiger partial charge in [-0.05, 0) is 62.4 Å². The SMILES string of the molecule is Brc1cc(CNC2CC2)cc(Br)c1OCc1nccs1. The number of nitrogens with zero attached hydrogens (tertiary/aromatic N) is 1. The van der Waals surface area contributed by atoms with Gasteiger partial charge in [-0.1, -0.05) is 0 Å². The monoisotopic (exact) mass is 416 g/mol. The van der Waals surface area contributed by atoms with Crippen LogP contribution in [0, 0.1) is 0 Å². The van der Waals surface area contributed by atoms with Gasteiger partial charge in [0.2, 0.25) is 0 Å². The molecule has 0 atom stereocenters. The first-order chi connectivity index (χ1) is 9.72. The van der Waals surface area contributed by atoms with Gasteiger partial charge in [-0.25, -0.2) is 4.98 Å². The normalized spacial score (nSPS) is 14.5. The summed E-state index contributed by atoms with van der Waals surface area (Å²) in [5, 5.41) is 6.44. The Bertz CT molecular complexity index is 562. The number of rotatable bonds is 6. The molecular formula is C14H14Br2N2OS. The van der Waals surface area contributed by atoms with Crippen molar-refractivity contribution in [3.05, 3.63) is 43.2 Å². The van der Waals surface area contributed by atoms with Crippen LogP contribution in [0.4, 0.5) is 0 Å². The number of nitrogens with one attached hydrogen (secondary N) is 1. The highest BCUT2D eigenvalue weighted by molar-refractivity contribution is 9.11. The average Bonchev–Trinajstić information content (AvgIpc) is 3.10. The minimum atomic E-state index is 0.495. The second-order valence-electron chi connectivity index (χ2n) is 4.76. The van der Waals surface area contributed by atoms with E-state index in [1.54, 1.807) is 17.5 Å². The van der Waals surface area contributed by atoms with Crippen LogP contribution in [-0.2, 0) is 13.2 Å². The molecule has 1 fully saturated rings. The fraction of sp³-hybridized carbons (Fsp3) is 0.357. The Morgan fingerprint density at radius 1 is 1.30 bits per heavy atom. The van der Waals surface area contributed by atoms with Crippen LogP contribution >= 0.6 is 43.2 Å². The van der Waals surface area contributed by atoms with Gasteiger partial charge >= 0.3 is 0 Å². The Balaban J connectivity index is 1.67. The molecule has 0 radical (unpaired) electrons. The van der Waals surface area contributed by atoms with Crippen LogP contribution in [0.1, 0.15) is 23.4 Å². The topological polar surface area (TPSA) is 34.1 Å². The fourth-order valence-electron chi connectivity index (χ4n) is 1.86. The number of ether oxygens (including phenoxy) is 1.